The van der Waals surface area contributed by atoms with Gasteiger partial charge in [-0.15, -0.1) is 0 Å². The SMILES string of the molecule is CN(C)S(=O)(=O)c1ccc(C(=O)NCCNc2ccc(C(F)(F)F)cc2[N+](=O)[O-])cc1. The van der Waals surface area contributed by atoms with Crippen molar-refractivity contribution < 1.29 is 31.3 Å². The first-order valence-corrected chi connectivity index (χ1v) is 10.2. The number of alkyl halides is 3. The fraction of sp³-hybridized carbons (Fsp3) is 0.278. The summed E-state index contributed by atoms with van der Waals surface area (Å²) < 4.78 is 63.2. The minimum atomic E-state index is -4.71. The van der Waals surface area contributed by atoms with Gasteiger partial charge in [0.05, 0.1) is 15.4 Å². The van der Waals surface area contributed by atoms with Crippen molar-refractivity contribution in [1.29, 1.82) is 0 Å². The molecule has 0 saturated carbocycles. The van der Waals surface area contributed by atoms with E-state index in [1.165, 1.54) is 38.4 Å². The molecule has 0 spiro atoms. The van der Waals surface area contributed by atoms with Crippen LogP contribution in [0.25, 0.3) is 0 Å². The lowest BCUT2D eigenvalue weighted by atomic mass is 10.1. The van der Waals surface area contributed by atoms with Crippen LogP contribution in [0.2, 0.25) is 0 Å². The first-order chi connectivity index (χ1) is 14.3. The van der Waals surface area contributed by atoms with Crippen LogP contribution >= 0.6 is 0 Å². The zero-order valence-electron chi connectivity index (χ0n) is 16.4. The van der Waals surface area contributed by atoms with Gasteiger partial charge in [-0.25, -0.2) is 12.7 Å². The second-order valence-corrected chi connectivity index (χ2v) is 8.63. The van der Waals surface area contributed by atoms with Gasteiger partial charge in [-0.3, -0.25) is 14.9 Å². The summed E-state index contributed by atoms with van der Waals surface area (Å²) in [7, 11) is -0.870. The third-order valence-electron chi connectivity index (χ3n) is 4.14. The molecule has 0 atom stereocenters. The van der Waals surface area contributed by atoms with Crippen molar-refractivity contribution in [1.82, 2.24) is 9.62 Å². The molecule has 2 aromatic rings. The maximum Gasteiger partial charge on any atom is 0.416 e. The van der Waals surface area contributed by atoms with E-state index in [0.29, 0.717) is 6.07 Å². The van der Waals surface area contributed by atoms with Gasteiger partial charge in [0.1, 0.15) is 5.69 Å². The Labute approximate surface area is 176 Å². The van der Waals surface area contributed by atoms with Gasteiger partial charge < -0.3 is 10.6 Å². The minimum Gasteiger partial charge on any atom is -0.378 e. The van der Waals surface area contributed by atoms with Crippen molar-refractivity contribution in [2.24, 2.45) is 0 Å². The number of benzene rings is 2. The molecule has 0 unspecified atom stereocenters. The van der Waals surface area contributed by atoms with E-state index >= 15 is 0 Å². The van der Waals surface area contributed by atoms with E-state index in [0.717, 1.165) is 16.4 Å². The maximum atomic E-state index is 12.7. The van der Waals surface area contributed by atoms with Crippen molar-refractivity contribution in [3.63, 3.8) is 0 Å². The van der Waals surface area contributed by atoms with E-state index < -0.39 is 38.3 Å². The second-order valence-electron chi connectivity index (χ2n) is 6.48. The number of carbonyl (C=O) groups is 1. The normalized spacial score (nSPS) is 11.9. The Bertz CT molecular complexity index is 1070. The molecule has 0 aliphatic heterocycles. The highest BCUT2D eigenvalue weighted by atomic mass is 32.2. The van der Waals surface area contributed by atoms with Gasteiger partial charge in [0.2, 0.25) is 10.0 Å². The lowest BCUT2D eigenvalue weighted by Gasteiger charge is -2.12. The Morgan fingerprint density at radius 2 is 1.71 bits per heavy atom. The zero-order chi connectivity index (χ0) is 23.4. The van der Waals surface area contributed by atoms with Gasteiger partial charge in [-0.1, -0.05) is 0 Å². The quantitative estimate of drug-likeness (QED) is 0.355. The smallest absolute Gasteiger partial charge is 0.378 e. The van der Waals surface area contributed by atoms with Gasteiger partial charge in [0.15, 0.2) is 0 Å². The summed E-state index contributed by atoms with van der Waals surface area (Å²) in [5.41, 5.74) is -1.81. The van der Waals surface area contributed by atoms with Crippen LogP contribution in [-0.4, -0.2) is 50.7 Å². The molecule has 1 amide bonds. The standard InChI is InChI=1S/C18H19F3N4O5S/c1-24(2)31(29,30)14-6-3-12(4-7-14)17(26)23-10-9-22-15-8-5-13(18(19,20)21)11-16(15)25(27)28/h3-8,11,22H,9-10H2,1-2H3,(H,23,26). The Kier molecular flexibility index (Phi) is 7.23. The molecular formula is C18H19F3N4O5S. The average molecular weight is 460 g/mol. The molecule has 13 heteroatoms. The molecule has 168 valence electrons. The zero-order valence-corrected chi connectivity index (χ0v) is 17.2. The van der Waals surface area contributed by atoms with Gasteiger partial charge in [-0.05, 0) is 36.4 Å². The number of sulfonamides is 1. The van der Waals surface area contributed by atoms with E-state index in [9.17, 15) is 36.5 Å². The first kappa shape index (κ1) is 24.1. The average Bonchev–Trinajstić information content (AvgIpc) is 2.70. The summed E-state index contributed by atoms with van der Waals surface area (Å²) in [6.07, 6.45) is -4.71. The van der Waals surface area contributed by atoms with Crippen LogP contribution in [0, 0.1) is 10.1 Å². The van der Waals surface area contributed by atoms with E-state index in [-0.39, 0.29) is 29.2 Å². The minimum absolute atomic E-state index is 0.00500. The Morgan fingerprint density at radius 1 is 1.10 bits per heavy atom. The third kappa shape index (κ3) is 5.92. The van der Waals surface area contributed by atoms with E-state index in [1.807, 2.05) is 0 Å². The number of nitrogens with zero attached hydrogens (tertiary/aromatic N) is 2. The summed E-state index contributed by atoms with van der Waals surface area (Å²) in [4.78, 5) is 22.3. The molecule has 0 aromatic heterocycles. The molecular weight excluding hydrogens is 441 g/mol. The van der Waals surface area contributed by atoms with Crippen molar-refractivity contribution >= 4 is 27.3 Å². The van der Waals surface area contributed by atoms with Gasteiger partial charge in [0, 0.05) is 38.8 Å². The first-order valence-electron chi connectivity index (χ1n) is 8.74. The number of anilines is 1. The summed E-state index contributed by atoms with van der Waals surface area (Å²) in [5.74, 6) is -0.516. The van der Waals surface area contributed by atoms with Gasteiger partial charge in [0.25, 0.3) is 11.6 Å². The van der Waals surface area contributed by atoms with Crippen LogP contribution in [-0.2, 0) is 16.2 Å². The topological polar surface area (TPSA) is 122 Å². The molecule has 0 aliphatic carbocycles. The van der Waals surface area contributed by atoms with E-state index in [1.54, 1.807) is 0 Å². The number of nitro benzene ring substituents is 1. The number of hydrogen-bond donors (Lipinski definition) is 2. The lowest BCUT2D eigenvalue weighted by Crippen LogP contribution is -2.29. The molecule has 0 saturated heterocycles. The number of nitrogens with one attached hydrogen (secondary N) is 2. The number of hydrogen-bond acceptors (Lipinski definition) is 6. The molecule has 2 rings (SSSR count). The maximum absolute atomic E-state index is 12.7. The molecule has 0 radical (unpaired) electrons. The molecule has 0 heterocycles. The molecule has 9 nitrogen and oxygen atoms in total. The number of halogens is 3. The molecule has 2 aromatic carbocycles. The van der Waals surface area contributed by atoms with Gasteiger partial charge >= 0.3 is 6.18 Å². The highest BCUT2D eigenvalue weighted by Gasteiger charge is 2.33. The third-order valence-corrected chi connectivity index (χ3v) is 5.97. The summed E-state index contributed by atoms with van der Waals surface area (Å²) >= 11 is 0. The number of carbonyl (C=O) groups excluding carboxylic acids is 1. The molecule has 0 bridgehead atoms. The van der Waals surface area contributed by atoms with E-state index in [2.05, 4.69) is 10.6 Å². The highest BCUT2D eigenvalue weighted by molar-refractivity contribution is 7.89. The van der Waals surface area contributed by atoms with Crippen molar-refractivity contribution in [3.8, 4) is 0 Å². The van der Waals surface area contributed by atoms with Crippen LogP contribution in [0.5, 0.6) is 0 Å². The van der Waals surface area contributed by atoms with Crippen molar-refractivity contribution in [3.05, 3.63) is 63.7 Å². The van der Waals surface area contributed by atoms with E-state index in [4.69, 9.17) is 0 Å². The number of amides is 1. The van der Waals surface area contributed by atoms with Crippen LogP contribution in [0.1, 0.15) is 15.9 Å². The Hall–Kier alpha value is -3.19. The monoisotopic (exact) mass is 460 g/mol. The predicted octanol–water partition coefficient (Wildman–Crippen LogP) is 2.71. The van der Waals surface area contributed by atoms with Crippen molar-refractivity contribution in [2.45, 2.75) is 11.1 Å². The fourth-order valence-electron chi connectivity index (χ4n) is 2.47. The predicted molar refractivity (Wildman–Crippen MR) is 106 cm³/mol. The highest BCUT2D eigenvalue weighted by Crippen LogP contribution is 2.34. The summed E-state index contributed by atoms with van der Waals surface area (Å²) in [6, 6.07) is 7.34. The van der Waals surface area contributed by atoms with Crippen LogP contribution in [0.3, 0.4) is 0 Å². The van der Waals surface area contributed by atoms with Crippen molar-refractivity contribution in [2.75, 3.05) is 32.5 Å². The molecule has 0 aliphatic rings. The Morgan fingerprint density at radius 3 is 2.23 bits per heavy atom. The van der Waals surface area contributed by atoms with Gasteiger partial charge in [-0.2, -0.15) is 13.2 Å². The molecule has 2 N–H and O–H groups in total. The lowest BCUT2D eigenvalue weighted by molar-refractivity contribution is -0.384. The molecule has 31 heavy (non-hydrogen) atoms. The largest absolute Gasteiger partial charge is 0.416 e. The summed E-state index contributed by atoms with van der Waals surface area (Å²) in [5, 5.41) is 16.2. The summed E-state index contributed by atoms with van der Waals surface area (Å²) in [6.45, 7) is 0.0137. The van der Waals surface area contributed by atoms with Crippen LogP contribution < -0.4 is 10.6 Å². The number of nitro groups is 1. The van der Waals surface area contributed by atoms with Crippen LogP contribution in [0.15, 0.2) is 47.4 Å². The molecule has 0 fully saturated rings. The fourth-order valence-corrected chi connectivity index (χ4v) is 3.37. The van der Waals surface area contributed by atoms with Crippen LogP contribution in [0.4, 0.5) is 24.5 Å². The second kappa shape index (κ2) is 9.31. The number of rotatable bonds is 8. The Balaban J connectivity index is 1.97.